The third-order valence-corrected chi connectivity index (χ3v) is 4.16. The number of hydrazone groups is 1. The lowest BCUT2D eigenvalue weighted by Crippen LogP contribution is -2.28. The van der Waals surface area contributed by atoms with Crippen molar-refractivity contribution in [3.63, 3.8) is 0 Å². The largest absolute Gasteiger partial charge is 0.369 e. The van der Waals surface area contributed by atoms with Crippen LogP contribution in [0.5, 0.6) is 0 Å². The van der Waals surface area contributed by atoms with Crippen LogP contribution in [0.2, 0.25) is 0 Å². The summed E-state index contributed by atoms with van der Waals surface area (Å²) in [5.41, 5.74) is 16.1. The number of rotatable bonds is 4. The van der Waals surface area contributed by atoms with Gasteiger partial charge in [0, 0.05) is 7.05 Å². The van der Waals surface area contributed by atoms with Crippen LogP contribution in [0.15, 0.2) is 52.6 Å². The Morgan fingerprint density at radius 1 is 1.13 bits per heavy atom. The molecule has 0 bridgehead atoms. The number of aliphatic imine (C=N–C) groups is 1. The fourth-order valence-corrected chi connectivity index (χ4v) is 3.00. The van der Waals surface area contributed by atoms with Gasteiger partial charge in [0.05, 0.1) is 5.71 Å². The number of nitrogens with two attached hydrogens (primary N) is 1. The van der Waals surface area contributed by atoms with Gasteiger partial charge in [-0.2, -0.15) is 5.10 Å². The van der Waals surface area contributed by atoms with Crippen LogP contribution in [-0.2, 0) is 6.42 Å². The predicted molar refractivity (Wildman–Crippen MR) is 96.8 cm³/mol. The fraction of sp³-hybridized carbons (Fsp3) is 0.263. The molecule has 0 atom stereocenters. The highest BCUT2D eigenvalue weighted by molar-refractivity contribution is 6.02. The topological polar surface area (TPSA) is 62.8 Å². The maximum atomic E-state index is 5.67. The standard InChI is InChI=1S/C19H22N4/c1-3-6-18(22-23-19(20)21-2)14-9-10-17-15(12-14)11-13-7-4-5-8-16(13)17/h4-5,7-10,12H,3,6,11H2,1-2H3,(H3,20,21,23)/b22-18+. The summed E-state index contributed by atoms with van der Waals surface area (Å²) in [5.74, 6) is 0.326. The molecule has 1 aliphatic carbocycles. The van der Waals surface area contributed by atoms with E-state index >= 15 is 0 Å². The van der Waals surface area contributed by atoms with E-state index in [0.717, 1.165) is 30.5 Å². The molecule has 2 aromatic carbocycles. The van der Waals surface area contributed by atoms with Gasteiger partial charge in [-0.15, -0.1) is 0 Å². The van der Waals surface area contributed by atoms with Crippen molar-refractivity contribution in [1.82, 2.24) is 5.43 Å². The van der Waals surface area contributed by atoms with E-state index in [4.69, 9.17) is 5.73 Å². The average Bonchev–Trinajstić information content (AvgIpc) is 2.95. The normalized spacial score (nSPS) is 13.7. The molecule has 0 fully saturated rings. The Kier molecular flexibility index (Phi) is 4.42. The first-order chi connectivity index (χ1) is 11.2. The summed E-state index contributed by atoms with van der Waals surface area (Å²) < 4.78 is 0. The molecule has 0 heterocycles. The van der Waals surface area contributed by atoms with Crippen LogP contribution in [0.25, 0.3) is 11.1 Å². The number of hydrogen-bond donors (Lipinski definition) is 2. The highest BCUT2D eigenvalue weighted by Gasteiger charge is 2.18. The second kappa shape index (κ2) is 6.65. The van der Waals surface area contributed by atoms with Gasteiger partial charge in [-0.1, -0.05) is 49.7 Å². The molecule has 23 heavy (non-hydrogen) atoms. The zero-order chi connectivity index (χ0) is 16.2. The summed E-state index contributed by atoms with van der Waals surface area (Å²) in [6, 6.07) is 15.2. The maximum absolute atomic E-state index is 5.67. The molecule has 0 saturated carbocycles. The van der Waals surface area contributed by atoms with E-state index in [-0.39, 0.29) is 0 Å². The molecule has 0 aromatic heterocycles. The number of guanidine groups is 1. The van der Waals surface area contributed by atoms with Gasteiger partial charge in [0.25, 0.3) is 0 Å². The van der Waals surface area contributed by atoms with Crippen molar-refractivity contribution in [1.29, 1.82) is 0 Å². The molecule has 3 N–H and O–H groups in total. The third-order valence-electron chi connectivity index (χ3n) is 4.16. The van der Waals surface area contributed by atoms with Crippen molar-refractivity contribution < 1.29 is 0 Å². The summed E-state index contributed by atoms with van der Waals surface area (Å²) in [6.45, 7) is 2.15. The monoisotopic (exact) mass is 306 g/mol. The number of fused-ring (bicyclic) bond motifs is 3. The molecule has 4 heteroatoms. The zero-order valence-corrected chi connectivity index (χ0v) is 13.6. The summed E-state index contributed by atoms with van der Waals surface area (Å²) >= 11 is 0. The molecule has 1 aliphatic rings. The Bertz CT molecular complexity index is 775. The molecule has 0 amide bonds. The van der Waals surface area contributed by atoms with Gasteiger partial charge in [0.2, 0.25) is 5.96 Å². The van der Waals surface area contributed by atoms with Crippen LogP contribution in [0.1, 0.15) is 36.5 Å². The van der Waals surface area contributed by atoms with Crippen molar-refractivity contribution >= 4 is 11.7 Å². The Labute approximate surface area is 137 Å². The van der Waals surface area contributed by atoms with Gasteiger partial charge in [0.1, 0.15) is 0 Å². The van der Waals surface area contributed by atoms with Crippen molar-refractivity contribution in [2.45, 2.75) is 26.2 Å². The molecule has 0 radical (unpaired) electrons. The van der Waals surface area contributed by atoms with Gasteiger partial charge < -0.3 is 5.73 Å². The fourth-order valence-electron chi connectivity index (χ4n) is 3.00. The Morgan fingerprint density at radius 2 is 1.91 bits per heavy atom. The summed E-state index contributed by atoms with van der Waals surface area (Å²) in [7, 11) is 1.64. The van der Waals surface area contributed by atoms with Crippen LogP contribution in [0.4, 0.5) is 0 Å². The lowest BCUT2D eigenvalue weighted by atomic mass is 9.99. The highest BCUT2D eigenvalue weighted by atomic mass is 15.4. The zero-order valence-electron chi connectivity index (χ0n) is 13.6. The van der Waals surface area contributed by atoms with E-state index in [2.05, 4.69) is 64.9 Å². The van der Waals surface area contributed by atoms with E-state index in [1.54, 1.807) is 7.05 Å². The third kappa shape index (κ3) is 3.11. The van der Waals surface area contributed by atoms with Gasteiger partial charge in [-0.25, -0.2) is 5.43 Å². The van der Waals surface area contributed by atoms with Gasteiger partial charge in [0.15, 0.2) is 0 Å². The summed E-state index contributed by atoms with van der Waals surface area (Å²) in [4.78, 5) is 3.88. The molecular formula is C19H22N4. The summed E-state index contributed by atoms with van der Waals surface area (Å²) in [6.07, 6.45) is 2.92. The van der Waals surface area contributed by atoms with Crippen LogP contribution < -0.4 is 11.2 Å². The highest BCUT2D eigenvalue weighted by Crippen LogP contribution is 2.36. The minimum atomic E-state index is 0.326. The van der Waals surface area contributed by atoms with Gasteiger partial charge in [-0.05, 0) is 46.7 Å². The molecule has 2 aromatic rings. The number of benzene rings is 2. The van der Waals surface area contributed by atoms with Crippen LogP contribution >= 0.6 is 0 Å². The smallest absolute Gasteiger partial charge is 0.209 e. The first-order valence-electron chi connectivity index (χ1n) is 7.99. The predicted octanol–water partition coefficient (Wildman–Crippen LogP) is 3.30. The molecule has 4 nitrogen and oxygen atoms in total. The molecule has 0 spiro atoms. The van der Waals surface area contributed by atoms with Crippen molar-refractivity contribution in [3.05, 3.63) is 59.2 Å². The summed E-state index contributed by atoms with van der Waals surface area (Å²) in [5, 5.41) is 4.44. The van der Waals surface area contributed by atoms with Crippen molar-refractivity contribution in [2.75, 3.05) is 7.05 Å². The Balaban J connectivity index is 1.93. The molecule has 3 rings (SSSR count). The van der Waals surface area contributed by atoms with Gasteiger partial charge >= 0.3 is 0 Å². The van der Waals surface area contributed by atoms with Crippen molar-refractivity contribution in [2.24, 2.45) is 15.8 Å². The SMILES string of the molecule is CCC/C(=N\NC(N)=NC)c1ccc2c(c1)Cc1ccccc1-2. The van der Waals surface area contributed by atoms with Gasteiger partial charge in [-0.3, -0.25) is 4.99 Å². The van der Waals surface area contributed by atoms with Crippen LogP contribution in [0.3, 0.4) is 0 Å². The first kappa shape index (κ1) is 15.3. The van der Waals surface area contributed by atoms with E-state index in [9.17, 15) is 0 Å². The number of nitrogens with zero attached hydrogens (tertiary/aromatic N) is 2. The Morgan fingerprint density at radius 3 is 2.70 bits per heavy atom. The minimum Gasteiger partial charge on any atom is -0.369 e. The quantitative estimate of drug-likeness (QED) is 0.441. The molecule has 0 saturated heterocycles. The maximum Gasteiger partial charge on any atom is 0.209 e. The van der Waals surface area contributed by atoms with E-state index in [0.29, 0.717) is 5.96 Å². The van der Waals surface area contributed by atoms with Crippen LogP contribution in [-0.4, -0.2) is 18.7 Å². The average molecular weight is 306 g/mol. The van der Waals surface area contributed by atoms with Crippen molar-refractivity contribution in [3.8, 4) is 11.1 Å². The van der Waals surface area contributed by atoms with Crippen LogP contribution in [0, 0.1) is 0 Å². The molecule has 118 valence electrons. The lowest BCUT2D eigenvalue weighted by Gasteiger charge is -2.09. The van der Waals surface area contributed by atoms with E-state index < -0.39 is 0 Å². The number of nitrogens with one attached hydrogen (secondary N) is 1. The molecule has 0 unspecified atom stereocenters. The minimum absolute atomic E-state index is 0.326. The molecular weight excluding hydrogens is 284 g/mol. The Hall–Kier alpha value is -2.62. The lowest BCUT2D eigenvalue weighted by molar-refractivity contribution is 0.940. The molecule has 0 aliphatic heterocycles. The second-order valence-corrected chi connectivity index (χ2v) is 5.73. The van der Waals surface area contributed by atoms with E-state index in [1.807, 2.05) is 0 Å². The first-order valence-corrected chi connectivity index (χ1v) is 7.99. The number of hydrogen-bond acceptors (Lipinski definition) is 2. The van der Waals surface area contributed by atoms with E-state index in [1.165, 1.54) is 22.3 Å². The second-order valence-electron chi connectivity index (χ2n) is 5.73.